The standard InChI is InChI=1S/C34H38O11P2/c35-33-31(25-43-46(37,39-21-27-13-5-1-6-14-27)40-22-28-15-7-2-8-16-28)45-32(34(33)36)26-44-47(38,41-23-29-17-9-3-10-18-29)42-24-30-19-11-4-12-20-30/h1-20,31-36H,21-26H2/t31-,32+,33-,34?/m0/s1. The maximum absolute atomic E-state index is 13.7. The second-order valence-electron chi connectivity index (χ2n) is 10.7. The van der Waals surface area contributed by atoms with E-state index in [4.69, 9.17) is 31.9 Å². The van der Waals surface area contributed by atoms with Crippen molar-refractivity contribution in [2.45, 2.75) is 50.8 Å². The minimum Gasteiger partial charge on any atom is -0.388 e. The molecule has 1 unspecified atom stereocenters. The van der Waals surface area contributed by atoms with Crippen LogP contribution in [0.1, 0.15) is 22.3 Å². The molecule has 13 heteroatoms. The first-order valence-corrected chi connectivity index (χ1v) is 18.0. The van der Waals surface area contributed by atoms with Crippen LogP contribution in [-0.4, -0.2) is 47.8 Å². The van der Waals surface area contributed by atoms with Crippen molar-refractivity contribution in [2.24, 2.45) is 0 Å². The third-order valence-electron chi connectivity index (χ3n) is 7.18. The number of hydrogen-bond acceptors (Lipinski definition) is 11. The SMILES string of the molecule is O=P(OCc1ccccc1)(OCc1ccccc1)OC[C@@H]1O[C@H](COP(=O)(OCc2ccccc2)OCc2ccccc2)C(O)[C@H]1O. The predicted molar refractivity (Wildman–Crippen MR) is 173 cm³/mol. The van der Waals surface area contributed by atoms with Gasteiger partial charge in [0.05, 0.1) is 39.6 Å². The molecule has 0 amide bonds. The van der Waals surface area contributed by atoms with E-state index in [9.17, 15) is 19.3 Å². The summed E-state index contributed by atoms with van der Waals surface area (Å²) in [6, 6.07) is 36.4. The highest BCUT2D eigenvalue weighted by atomic mass is 31.2. The zero-order valence-electron chi connectivity index (χ0n) is 25.6. The van der Waals surface area contributed by atoms with Crippen LogP contribution in [0.4, 0.5) is 0 Å². The molecular formula is C34H38O11P2. The highest BCUT2D eigenvalue weighted by molar-refractivity contribution is 7.48. The molecule has 0 saturated carbocycles. The molecule has 0 aromatic heterocycles. The van der Waals surface area contributed by atoms with E-state index in [1.165, 1.54) is 0 Å². The molecule has 0 aliphatic carbocycles. The van der Waals surface area contributed by atoms with Crippen molar-refractivity contribution in [3.05, 3.63) is 144 Å². The summed E-state index contributed by atoms with van der Waals surface area (Å²) in [6.45, 7) is -1.10. The lowest BCUT2D eigenvalue weighted by molar-refractivity contribution is -0.0446. The van der Waals surface area contributed by atoms with Gasteiger partial charge in [-0.1, -0.05) is 121 Å². The Labute approximate surface area is 274 Å². The van der Waals surface area contributed by atoms with Crippen LogP contribution in [-0.2, 0) is 67.4 Å². The van der Waals surface area contributed by atoms with Gasteiger partial charge in [0.25, 0.3) is 0 Å². The molecule has 0 spiro atoms. The Morgan fingerprint density at radius 1 is 0.447 bits per heavy atom. The highest BCUT2D eigenvalue weighted by Gasteiger charge is 2.45. The predicted octanol–water partition coefficient (Wildman–Crippen LogP) is 6.59. The largest absolute Gasteiger partial charge is 0.475 e. The lowest BCUT2D eigenvalue weighted by Gasteiger charge is -2.22. The Morgan fingerprint density at radius 2 is 0.702 bits per heavy atom. The number of phosphoric acid groups is 2. The van der Waals surface area contributed by atoms with Gasteiger partial charge < -0.3 is 14.9 Å². The first-order valence-electron chi connectivity index (χ1n) is 15.1. The van der Waals surface area contributed by atoms with Crippen molar-refractivity contribution in [1.82, 2.24) is 0 Å². The summed E-state index contributed by atoms with van der Waals surface area (Å²) in [6.07, 6.45) is -5.17. The molecule has 4 atom stereocenters. The smallest absolute Gasteiger partial charge is 0.388 e. The van der Waals surface area contributed by atoms with Gasteiger partial charge >= 0.3 is 15.6 Å². The first-order chi connectivity index (χ1) is 22.8. The van der Waals surface area contributed by atoms with Crippen LogP contribution in [0.15, 0.2) is 121 Å². The molecule has 5 rings (SSSR count). The Morgan fingerprint density at radius 3 is 0.957 bits per heavy atom. The van der Waals surface area contributed by atoms with Crippen LogP contribution in [0.2, 0.25) is 0 Å². The van der Waals surface area contributed by atoms with Crippen molar-refractivity contribution < 1.29 is 51.2 Å². The van der Waals surface area contributed by atoms with Gasteiger partial charge in [0.2, 0.25) is 0 Å². The number of ether oxygens (including phenoxy) is 1. The summed E-state index contributed by atoms with van der Waals surface area (Å²) in [5, 5.41) is 21.5. The van der Waals surface area contributed by atoms with Gasteiger partial charge in [-0.05, 0) is 22.3 Å². The fraction of sp³-hybridized carbons (Fsp3) is 0.294. The van der Waals surface area contributed by atoms with Gasteiger partial charge in [-0.15, -0.1) is 0 Å². The maximum Gasteiger partial charge on any atom is 0.475 e. The number of aliphatic hydroxyl groups is 2. The van der Waals surface area contributed by atoms with Gasteiger partial charge in [-0.3, -0.25) is 27.1 Å². The maximum atomic E-state index is 13.7. The van der Waals surface area contributed by atoms with Crippen LogP contribution in [0.5, 0.6) is 0 Å². The monoisotopic (exact) mass is 684 g/mol. The third kappa shape index (κ3) is 11.0. The van der Waals surface area contributed by atoms with Gasteiger partial charge in [-0.2, -0.15) is 0 Å². The highest BCUT2D eigenvalue weighted by Crippen LogP contribution is 2.53. The summed E-state index contributed by atoms with van der Waals surface area (Å²) >= 11 is 0. The molecule has 1 heterocycles. The third-order valence-corrected chi connectivity index (χ3v) is 9.90. The molecule has 250 valence electrons. The van der Waals surface area contributed by atoms with E-state index in [0.717, 1.165) is 22.3 Å². The van der Waals surface area contributed by atoms with Gasteiger partial charge in [0, 0.05) is 0 Å². The molecule has 2 N–H and O–H groups in total. The van der Waals surface area contributed by atoms with Gasteiger partial charge in [0.1, 0.15) is 24.4 Å². The van der Waals surface area contributed by atoms with E-state index in [1.54, 1.807) is 48.5 Å². The molecule has 0 radical (unpaired) electrons. The van der Waals surface area contributed by atoms with Crippen LogP contribution in [0.3, 0.4) is 0 Å². The molecule has 1 saturated heterocycles. The fourth-order valence-corrected chi connectivity index (χ4v) is 6.90. The molecule has 11 nitrogen and oxygen atoms in total. The van der Waals surface area contributed by atoms with E-state index in [1.807, 2.05) is 72.8 Å². The molecule has 1 aliphatic rings. The molecule has 1 fully saturated rings. The van der Waals surface area contributed by atoms with E-state index < -0.39 is 53.3 Å². The quantitative estimate of drug-likeness (QED) is 0.110. The van der Waals surface area contributed by atoms with Crippen molar-refractivity contribution in [2.75, 3.05) is 13.2 Å². The van der Waals surface area contributed by atoms with E-state index in [-0.39, 0.29) is 26.4 Å². The van der Waals surface area contributed by atoms with Crippen LogP contribution < -0.4 is 0 Å². The summed E-state index contributed by atoms with van der Waals surface area (Å²) in [4.78, 5) is 0. The molecule has 4 aromatic carbocycles. The number of rotatable bonds is 18. The summed E-state index contributed by atoms with van der Waals surface area (Å²) in [5.41, 5.74) is 2.99. The molecule has 4 aromatic rings. The fourth-order valence-electron chi connectivity index (χ4n) is 4.57. The Bertz CT molecular complexity index is 1370. The second-order valence-corrected chi connectivity index (χ2v) is 14.1. The zero-order valence-corrected chi connectivity index (χ0v) is 27.4. The molecule has 0 bridgehead atoms. The van der Waals surface area contributed by atoms with E-state index in [0.29, 0.717) is 0 Å². The molecule has 1 aliphatic heterocycles. The number of aliphatic hydroxyl groups excluding tert-OH is 2. The van der Waals surface area contributed by atoms with Crippen LogP contribution in [0.25, 0.3) is 0 Å². The van der Waals surface area contributed by atoms with Gasteiger partial charge in [0.15, 0.2) is 0 Å². The Kier molecular flexibility index (Phi) is 13.1. The van der Waals surface area contributed by atoms with Crippen molar-refractivity contribution >= 4 is 15.6 Å². The number of phosphoric ester groups is 2. The topological polar surface area (TPSA) is 139 Å². The normalized spacial score (nSPS) is 20.0. The van der Waals surface area contributed by atoms with Gasteiger partial charge in [-0.25, -0.2) is 9.13 Å². The second kappa shape index (κ2) is 17.4. The summed E-state index contributed by atoms with van der Waals surface area (Å²) in [5.74, 6) is 0. The number of hydrogen-bond donors (Lipinski definition) is 2. The average Bonchev–Trinajstić information content (AvgIpc) is 3.40. The molecular weight excluding hydrogens is 646 g/mol. The van der Waals surface area contributed by atoms with Crippen LogP contribution >= 0.6 is 15.6 Å². The molecule has 47 heavy (non-hydrogen) atoms. The first kappa shape index (κ1) is 35.3. The Hall–Kier alpha value is -3.02. The summed E-state index contributed by atoms with van der Waals surface area (Å²) in [7, 11) is -8.35. The minimum absolute atomic E-state index is 0.0542. The van der Waals surface area contributed by atoms with E-state index >= 15 is 0 Å². The lowest BCUT2D eigenvalue weighted by Crippen LogP contribution is -2.35. The van der Waals surface area contributed by atoms with Crippen LogP contribution in [0, 0.1) is 0 Å². The van der Waals surface area contributed by atoms with Crippen molar-refractivity contribution in [1.29, 1.82) is 0 Å². The Balaban J connectivity index is 1.20. The average molecular weight is 685 g/mol. The summed E-state index contributed by atoms with van der Waals surface area (Å²) < 4.78 is 66.9. The lowest BCUT2D eigenvalue weighted by atomic mass is 10.1. The number of benzene rings is 4. The van der Waals surface area contributed by atoms with E-state index in [2.05, 4.69) is 0 Å². The zero-order chi connectivity index (χ0) is 33.0. The van der Waals surface area contributed by atoms with Crippen molar-refractivity contribution in [3.8, 4) is 0 Å². The van der Waals surface area contributed by atoms with Crippen molar-refractivity contribution in [3.63, 3.8) is 0 Å². The minimum atomic E-state index is -4.18.